The fourth-order valence-corrected chi connectivity index (χ4v) is 2.15. The van der Waals surface area contributed by atoms with Gasteiger partial charge in [0.1, 0.15) is 5.69 Å². The van der Waals surface area contributed by atoms with Crippen molar-refractivity contribution in [3.63, 3.8) is 0 Å². The number of amides is 1. The Balaban J connectivity index is 2.20. The van der Waals surface area contributed by atoms with Crippen molar-refractivity contribution in [2.24, 2.45) is 0 Å². The second kappa shape index (κ2) is 5.59. The van der Waals surface area contributed by atoms with Gasteiger partial charge in [-0.05, 0) is 30.0 Å². The molecule has 2 rings (SSSR count). The molecule has 2 aromatic rings. The summed E-state index contributed by atoms with van der Waals surface area (Å²) in [5.41, 5.74) is 1.33. The summed E-state index contributed by atoms with van der Waals surface area (Å²) in [7, 11) is 0. The van der Waals surface area contributed by atoms with Crippen molar-refractivity contribution in [2.45, 2.75) is 13.3 Å². The lowest BCUT2D eigenvalue weighted by Crippen LogP contribution is -2.24. The molecule has 0 aliphatic carbocycles. The summed E-state index contributed by atoms with van der Waals surface area (Å²) >= 11 is 1.62. The van der Waals surface area contributed by atoms with Gasteiger partial charge in [-0.15, -0.1) is 11.3 Å². The van der Waals surface area contributed by atoms with E-state index in [1.807, 2.05) is 36.6 Å². The average Bonchev–Trinajstić information content (AvgIpc) is 2.90. The number of nitrogens with zero attached hydrogens (tertiary/aromatic N) is 1. The summed E-state index contributed by atoms with van der Waals surface area (Å²) in [6, 6.07) is 9.50. The van der Waals surface area contributed by atoms with Crippen LogP contribution >= 0.6 is 11.3 Å². The van der Waals surface area contributed by atoms with Crippen molar-refractivity contribution in [3.8, 4) is 10.6 Å². The predicted octanol–water partition coefficient (Wildman–Crippen LogP) is 2.95. The van der Waals surface area contributed by atoms with E-state index in [2.05, 4.69) is 10.3 Å². The van der Waals surface area contributed by atoms with E-state index in [0.29, 0.717) is 12.2 Å². The smallest absolute Gasteiger partial charge is 0.269 e. The summed E-state index contributed by atoms with van der Waals surface area (Å²) < 4.78 is 0. The fraction of sp³-hybridized carbons (Fsp3) is 0.231. The highest BCUT2D eigenvalue weighted by Crippen LogP contribution is 2.22. The zero-order valence-electron chi connectivity index (χ0n) is 9.64. The van der Waals surface area contributed by atoms with Gasteiger partial charge >= 0.3 is 0 Å². The quantitative estimate of drug-likeness (QED) is 0.901. The van der Waals surface area contributed by atoms with Crippen LogP contribution in [0.3, 0.4) is 0 Å². The maximum Gasteiger partial charge on any atom is 0.269 e. The molecule has 4 heteroatoms. The highest BCUT2D eigenvalue weighted by molar-refractivity contribution is 7.13. The maximum atomic E-state index is 11.8. The molecule has 0 aromatic carbocycles. The Kier molecular flexibility index (Phi) is 3.88. The van der Waals surface area contributed by atoms with E-state index in [0.717, 1.165) is 17.0 Å². The van der Waals surface area contributed by atoms with Crippen molar-refractivity contribution in [3.05, 3.63) is 41.4 Å². The SMILES string of the molecule is CCCNC(=O)c1cccc(-c2cccs2)n1. The largest absolute Gasteiger partial charge is 0.351 e. The minimum absolute atomic E-state index is 0.106. The number of hydrogen-bond donors (Lipinski definition) is 1. The Morgan fingerprint density at radius 1 is 1.35 bits per heavy atom. The Bertz CT molecular complexity index is 494. The van der Waals surface area contributed by atoms with Crippen LogP contribution in [0.2, 0.25) is 0 Å². The molecule has 1 amide bonds. The van der Waals surface area contributed by atoms with E-state index in [9.17, 15) is 4.79 Å². The van der Waals surface area contributed by atoms with Crippen LogP contribution in [-0.4, -0.2) is 17.4 Å². The lowest BCUT2D eigenvalue weighted by atomic mass is 10.2. The molecule has 0 fully saturated rings. The van der Waals surface area contributed by atoms with Gasteiger partial charge in [-0.25, -0.2) is 4.98 Å². The molecule has 3 nitrogen and oxygen atoms in total. The molecule has 0 bridgehead atoms. The van der Waals surface area contributed by atoms with E-state index in [-0.39, 0.29) is 5.91 Å². The number of rotatable bonds is 4. The van der Waals surface area contributed by atoms with Crippen LogP contribution in [0.1, 0.15) is 23.8 Å². The minimum Gasteiger partial charge on any atom is -0.351 e. The number of thiophene rings is 1. The number of nitrogens with one attached hydrogen (secondary N) is 1. The van der Waals surface area contributed by atoms with E-state index < -0.39 is 0 Å². The number of pyridine rings is 1. The van der Waals surface area contributed by atoms with Gasteiger partial charge in [0.25, 0.3) is 5.91 Å². The van der Waals surface area contributed by atoms with Crippen LogP contribution in [-0.2, 0) is 0 Å². The van der Waals surface area contributed by atoms with Gasteiger partial charge in [0.15, 0.2) is 0 Å². The highest BCUT2D eigenvalue weighted by atomic mass is 32.1. The van der Waals surface area contributed by atoms with Crippen LogP contribution in [0, 0.1) is 0 Å². The fourth-order valence-electron chi connectivity index (χ4n) is 1.45. The molecule has 0 atom stereocenters. The molecule has 2 aromatic heterocycles. The van der Waals surface area contributed by atoms with Crippen molar-refractivity contribution >= 4 is 17.2 Å². The molecular weight excluding hydrogens is 232 g/mol. The van der Waals surface area contributed by atoms with Gasteiger partial charge in [0.2, 0.25) is 0 Å². The molecule has 0 radical (unpaired) electrons. The summed E-state index contributed by atoms with van der Waals surface area (Å²) in [5.74, 6) is -0.106. The van der Waals surface area contributed by atoms with Crippen molar-refractivity contribution in [2.75, 3.05) is 6.54 Å². The second-order valence-corrected chi connectivity index (χ2v) is 4.59. The van der Waals surface area contributed by atoms with E-state index in [1.54, 1.807) is 17.4 Å². The lowest BCUT2D eigenvalue weighted by molar-refractivity contribution is 0.0949. The van der Waals surface area contributed by atoms with Gasteiger partial charge in [0, 0.05) is 6.54 Å². The molecule has 0 unspecified atom stereocenters. The standard InChI is InChI=1S/C13H14N2OS/c1-2-8-14-13(16)11-6-3-5-10(15-11)12-7-4-9-17-12/h3-7,9H,2,8H2,1H3,(H,14,16). The Morgan fingerprint density at radius 2 is 2.24 bits per heavy atom. The molecule has 0 saturated carbocycles. The number of aromatic nitrogens is 1. The Labute approximate surface area is 105 Å². The molecule has 17 heavy (non-hydrogen) atoms. The molecule has 0 saturated heterocycles. The van der Waals surface area contributed by atoms with Crippen LogP contribution < -0.4 is 5.32 Å². The topological polar surface area (TPSA) is 42.0 Å². The molecule has 88 valence electrons. The van der Waals surface area contributed by atoms with Gasteiger partial charge in [-0.3, -0.25) is 4.79 Å². The third-order valence-electron chi connectivity index (χ3n) is 2.29. The van der Waals surface area contributed by atoms with Crippen molar-refractivity contribution in [1.82, 2.24) is 10.3 Å². The molecule has 0 aliphatic heterocycles. The average molecular weight is 246 g/mol. The van der Waals surface area contributed by atoms with Gasteiger partial charge < -0.3 is 5.32 Å². The summed E-state index contributed by atoms with van der Waals surface area (Å²) in [6.07, 6.45) is 0.927. The first-order valence-electron chi connectivity index (χ1n) is 5.60. The Morgan fingerprint density at radius 3 is 2.94 bits per heavy atom. The zero-order chi connectivity index (χ0) is 12.1. The molecule has 1 N–H and O–H groups in total. The number of carbonyl (C=O) groups is 1. The third kappa shape index (κ3) is 2.91. The van der Waals surface area contributed by atoms with Gasteiger partial charge in [0.05, 0.1) is 10.6 Å². The predicted molar refractivity (Wildman–Crippen MR) is 70.2 cm³/mol. The second-order valence-electron chi connectivity index (χ2n) is 3.64. The normalized spacial score (nSPS) is 10.2. The van der Waals surface area contributed by atoms with E-state index >= 15 is 0 Å². The van der Waals surface area contributed by atoms with Crippen molar-refractivity contribution in [1.29, 1.82) is 0 Å². The van der Waals surface area contributed by atoms with Crippen LogP contribution in [0.15, 0.2) is 35.7 Å². The Hall–Kier alpha value is -1.68. The summed E-state index contributed by atoms with van der Waals surface area (Å²) in [6.45, 7) is 2.71. The number of carbonyl (C=O) groups excluding carboxylic acids is 1. The first kappa shape index (κ1) is 11.8. The number of hydrogen-bond acceptors (Lipinski definition) is 3. The van der Waals surface area contributed by atoms with Crippen LogP contribution in [0.4, 0.5) is 0 Å². The first-order valence-corrected chi connectivity index (χ1v) is 6.48. The minimum atomic E-state index is -0.106. The summed E-state index contributed by atoms with van der Waals surface area (Å²) in [4.78, 5) is 17.2. The maximum absolute atomic E-state index is 11.8. The van der Waals surface area contributed by atoms with Gasteiger partial charge in [-0.2, -0.15) is 0 Å². The van der Waals surface area contributed by atoms with Crippen LogP contribution in [0.25, 0.3) is 10.6 Å². The third-order valence-corrected chi connectivity index (χ3v) is 3.18. The molecule has 0 aliphatic rings. The summed E-state index contributed by atoms with van der Waals surface area (Å²) in [5, 5.41) is 4.82. The van der Waals surface area contributed by atoms with Crippen LogP contribution in [0.5, 0.6) is 0 Å². The van der Waals surface area contributed by atoms with Gasteiger partial charge in [-0.1, -0.05) is 19.1 Å². The highest BCUT2D eigenvalue weighted by Gasteiger charge is 2.08. The first-order chi connectivity index (χ1) is 8.31. The molecule has 2 heterocycles. The lowest BCUT2D eigenvalue weighted by Gasteiger charge is -2.04. The molecule has 0 spiro atoms. The van der Waals surface area contributed by atoms with E-state index in [4.69, 9.17) is 0 Å². The van der Waals surface area contributed by atoms with E-state index in [1.165, 1.54) is 0 Å². The van der Waals surface area contributed by atoms with Crippen molar-refractivity contribution < 1.29 is 4.79 Å². The molecular formula is C13H14N2OS. The zero-order valence-corrected chi connectivity index (χ0v) is 10.5. The monoisotopic (exact) mass is 246 g/mol.